The lowest BCUT2D eigenvalue weighted by molar-refractivity contribution is 0.312. The average Bonchev–Trinajstić information content (AvgIpc) is 2.37. The van der Waals surface area contributed by atoms with E-state index in [1.807, 2.05) is 6.08 Å². The summed E-state index contributed by atoms with van der Waals surface area (Å²) in [5, 5.41) is 0. The molecule has 2 atom stereocenters. The van der Waals surface area contributed by atoms with E-state index >= 15 is 0 Å². The summed E-state index contributed by atoms with van der Waals surface area (Å²) >= 11 is 0. The Morgan fingerprint density at radius 1 is 1.17 bits per heavy atom. The third-order valence-corrected chi connectivity index (χ3v) is 3.38. The van der Waals surface area contributed by atoms with E-state index in [1.54, 1.807) is 13.0 Å². The maximum Gasteiger partial charge on any atom is 0.200 e. The van der Waals surface area contributed by atoms with Crippen molar-refractivity contribution in [3.63, 3.8) is 0 Å². The Morgan fingerprint density at radius 2 is 1.94 bits per heavy atom. The smallest absolute Gasteiger partial charge is 0.200 e. The number of benzene rings is 1. The van der Waals surface area contributed by atoms with Gasteiger partial charge < -0.3 is 4.74 Å². The van der Waals surface area contributed by atoms with E-state index in [4.69, 9.17) is 4.74 Å². The summed E-state index contributed by atoms with van der Waals surface area (Å²) in [5.41, 5.74) is 0.430. The SMILES string of the molecule is CCOc1ccc(C2C=CC(C)CC2)c(F)c1F. The van der Waals surface area contributed by atoms with Crippen LogP contribution in [-0.2, 0) is 0 Å². The van der Waals surface area contributed by atoms with Gasteiger partial charge >= 0.3 is 0 Å². The van der Waals surface area contributed by atoms with Crippen molar-refractivity contribution in [2.24, 2.45) is 5.92 Å². The lowest BCUT2D eigenvalue weighted by Gasteiger charge is -2.21. The first-order chi connectivity index (χ1) is 8.63. The molecule has 1 aliphatic carbocycles. The van der Waals surface area contributed by atoms with Crippen LogP contribution in [0, 0.1) is 17.6 Å². The summed E-state index contributed by atoms with van der Waals surface area (Å²) in [4.78, 5) is 0. The first kappa shape index (κ1) is 13.1. The number of hydrogen-bond donors (Lipinski definition) is 0. The van der Waals surface area contributed by atoms with Crippen molar-refractivity contribution < 1.29 is 13.5 Å². The van der Waals surface area contributed by atoms with E-state index in [0.717, 1.165) is 12.8 Å². The molecule has 0 radical (unpaired) electrons. The molecule has 98 valence electrons. The second-order valence-electron chi connectivity index (χ2n) is 4.76. The Morgan fingerprint density at radius 3 is 2.56 bits per heavy atom. The molecule has 1 aromatic rings. The van der Waals surface area contributed by atoms with Gasteiger partial charge in [0.1, 0.15) is 0 Å². The molecule has 0 aliphatic heterocycles. The van der Waals surface area contributed by atoms with Gasteiger partial charge in [0.25, 0.3) is 0 Å². The van der Waals surface area contributed by atoms with Gasteiger partial charge in [-0.3, -0.25) is 0 Å². The second-order valence-corrected chi connectivity index (χ2v) is 4.76. The lowest BCUT2D eigenvalue weighted by Crippen LogP contribution is -2.08. The molecule has 0 bridgehead atoms. The molecular formula is C15H18F2O. The van der Waals surface area contributed by atoms with Gasteiger partial charge in [0.15, 0.2) is 11.6 Å². The van der Waals surface area contributed by atoms with Crippen molar-refractivity contribution >= 4 is 0 Å². The van der Waals surface area contributed by atoms with Crippen molar-refractivity contribution in [1.29, 1.82) is 0 Å². The van der Waals surface area contributed by atoms with Gasteiger partial charge in [-0.05, 0) is 37.3 Å². The molecule has 0 saturated carbocycles. The first-order valence-electron chi connectivity index (χ1n) is 6.42. The van der Waals surface area contributed by atoms with E-state index in [9.17, 15) is 8.78 Å². The van der Waals surface area contributed by atoms with Gasteiger partial charge in [-0.15, -0.1) is 0 Å². The van der Waals surface area contributed by atoms with E-state index in [-0.39, 0.29) is 11.7 Å². The van der Waals surface area contributed by atoms with Crippen LogP contribution in [0.3, 0.4) is 0 Å². The Bertz CT molecular complexity index is 454. The molecule has 18 heavy (non-hydrogen) atoms. The average molecular weight is 252 g/mol. The predicted octanol–water partition coefficient (Wildman–Crippen LogP) is 4.43. The topological polar surface area (TPSA) is 9.23 Å². The fourth-order valence-electron chi connectivity index (χ4n) is 2.32. The van der Waals surface area contributed by atoms with Gasteiger partial charge in [0.05, 0.1) is 6.61 Å². The molecule has 2 unspecified atom stereocenters. The van der Waals surface area contributed by atoms with E-state index in [2.05, 4.69) is 13.0 Å². The number of halogens is 2. The molecule has 0 N–H and O–H groups in total. The third-order valence-electron chi connectivity index (χ3n) is 3.38. The normalized spacial score (nSPS) is 23.1. The second kappa shape index (κ2) is 5.51. The molecule has 0 aromatic heterocycles. The Labute approximate surface area is 106 Å². The zero-order valence-electron chi connectivity index (χ0n) is 10.7. The summed E-state index contributed by atoms with van der Waals surface area (Å²) in [7, 11) is 0. The quantitative estimate of drug-likeness (QED) is 0.723. The van der Waals surface area contributed by atoms with Crippen LogP contribution in [0.15, 0.2) is 24.3 Å². The van der Waals surface area contributed by atoms with E-state index < -0.39 is 11.6 Å². The Balaban J connectivity index is 2.29. The minimum absolute atomic E-state index is 0.00749. The first-order valence-corrected chi connectivity index (χ1v) is 6.42. The molecule has 1 nitrogen and oxygen atoms in total. The van der Waals surface area contributed by atoms with Crippen LogP contribution in [0.1, 0.15) is 38.2 Å². The summed E-state index contributed by atoms with van der Waals surface area (Å²) in [6, 6.07) is 3.15. The Hall–Kier alpha value is -1.38. The molecule has 0 heterocycles. The van der Waals surface area contributed by atoms with E-state index in [0.29, 0.717) is 18.1 Å². The predicted molar refractivity (Wildman–Crippen MR) is 67.8 cm³/mol. The number of ether oxygens (including phenoxy) is 1. The standard InChI is InChI=1S/C15H18F2O/c1-3-18-13-9-8-12(14(16)15(13)17)11-6-4-10(2)5-7-11/h4,6,8-11H,3,5,7H2,1-2H3. The molecule has 0 fully saturated rings. The molecule has 2 rings (SSSR count). The highest BCUT2D eigenvalue weighted by atomic mass is 19.2. The fourth-order valence-corrected chi connectivity index (χ4v) is 2.32. The van der Waals surface area contributed by atoms with Crippen molar-refractivity contribution in [3.8, 4) is 5.75 Å². The van der Waals surface area contributed by atoms with Crippen LogP contribution in [0.2, 0.25) is 0 Å². The minimum Gasteiger partial charge on any atom is -0.491 e. The molecule has 0 amide bonds. The molecule has 1 aromatic carbocycles. The third kappa shape index (κ3) is 2.55. The highest BCUT2D eigenvalue weighted by Gasteiger charge is 2.21. The van der Waals surface area contributed by atoms with Crippen molar-refractivity contribution in [3.05, 3.63) is 41.5 Å². The van der Waals surface area contributed by atoms with E-state index in [1.165, 1.54) is 6.07 Å². The van der Waals surface area contributed by atoms with Crippen LogP contribution < -0.4 is 4.74 Å². The largest absolute Gasteiger partial charge is 0.491 e. The zero-order valence-corrected chi connectivity index (χ0v) is 10.7. The van der Waals surface area contributed by atoms with Crippen LogP contribution in [-0.4, -0.2) is 6.61 Å². The molecular weight excluding hydrogens is 234 g/mol. The highest BCUT2D eigenvalue weighted by molar-refractivity contribution is 5.35. The van der Waals surface area contributed by atoms with Crippen LogP contribution >= 0.6 is 0 Å². The van der Waals surface area contributed by atoms with Gasteiger partial charge in [-0.2, -0.15) is 4.39 Å². The summed E-state index contributed by atoms with van der Waals surface area (Å²) in [5.74, 6) is -1.15. The van der Waals surface area contributed by atoms with Crippen LogP contribution in [0.4, 0.5) is 8.78 Å². The van der Waals surface area contributed by atoms with Crippen molar-refractivity contribution in [1.82, 2.24) is 0 Å². The van der Waals surface area contributed by atoms with Gasteiger partial charge in [-0.1, -0.05) is 25.1 Å². The van der Waals surface area contributed by atoms with Crippen LogP contribution in [0.25, 0.3) is 0 Å². The summed E-state index contributed by atoms with van der Waals surface area (Å²) < 4.78 is 32.8. The number of hydrogen-bond acceptors (Lipinski definition) is 1. The number of allylic oxidation sites excluding steroid dienone is 2. The molecule has 0 spiro atoms. The van der Waals surface area contributed by atoms with Gasteiger partial charge in [0.2, 0.25) is 5.82 Å². The number of rotatable bonds is 3. The fraction of sp³-hybridized carbons (Fsp3) is 0.467. The van der Waals surface area contributed by atoms with Crippen LogP contribution in [0.5, 0.6) is 5.75 Å². The highest BCUT2D eigenvalue weighted by Crippen LogP contribution is 2.34. The summed E-state index contributed by atoms with van der Waals surface area (Å²) in [6.07, 6.45) is 5.92. The molecule has 1 aliphatic rings. The zero-order chi connectivity index (χ0) is 13.1. The lowest BCUT2D eigenvalue weighted by atomic mass is 9.85. The maximum atomic E-state index is 14.0. The van der Waals surface area contributed by atoms with Crippen molar-refractivity contribution in [2.75, 3.05) is 6.61 Å². The molecule has 0 saturated heterocycles. The van der Waals surface area contributed by atoms with Gasteiger partial charge in [0, 0.05) is 5.92 Å². The maximum absolute atomic E-state index is 14.0. The van der Waals surface area contributed by atoms with Gasteiger partial charge in [-0.25, -0.2) is 4.39 Å². The van der Waals surface area contributed by atoms with Crippen molar-refractivity contribution in [2.45, 2.75) is 32.6 Å². The Kier molecular flexibility index (Phi) is 4.00. The monoisotopic (exact) mass is 252 g/mol. The summed E-state index contributed by atoms with van der Waals surface area (Å²) in [6.45, 7) is 4.20. The molecule has 3 heteroatoms. The minimum atomic E-state index is -0.874.